The van der Waals surface area contributed by atoms with Crippen LogP contribution >= 0.6 is 23.1 Å². The molecule has 0 radical (unpaired) electrons. The number of benzene rings is 2. The van der Waals surface area contributed by atoms with Gasteiger partial charge in [-0.3, -0.25) is 4.79 Å². The number of carbonyl (C=O) groups is 1. The highest BCUT2D eigenvalue weighted by molar-refractivity contribution is 7.99. The van der Waals surface area contributed by atoms with Crippen molar-refractivity contribution in [3.8, 4) is 0 Å². The van der Waals surface area contributed by atoms with Crippen LogP contribution in [0.25, 0.3) is 10.2 Å². The van der Waals surface area contributed by atoms with E-state index < -0.39 is 0 Å². The zero-order valence-electron chi connectivity index (χ0n) is 13.2. The van der Waals surface area contributed by atoms with Crippen molar-refractivity contribution in [3.05, 3.63) is 59.1 Å². The van der Waals surface area contributed by atoms with Gasteiger partial charge < -0.3 is 4.57 Å². The summed E-state index contributed by atoms with van der Waals surface area (Å²) in [5.41, 5.74) is 1.11. The average molecular weight is 360 g/mol. The first-order valence-electron chi connectivity index (χ1n) is 7.71. The van der Waals surface area contributed by atoms with Gasteiger partial charge in [0, 0.05) is 23.6 Å². The molecule has 0 spiro atoms. The fourth-order valence-electron chi connectivity index (χ4n) is 2.36. The summed E-state index contributed by atoms with van der Waals surface area (Å²) >= 11 is 3.07. The molecule has 1 aromatic heterocycles. The number of amides is 1. The van der Waals surface area contributed by atoms with Crippen LogP contribution < -0.4 is 4.80 Å². The van der Waals surface area contributed by atoms with Crippen molar-refractivity contribution in [2.45, 2.75) is 24.8 Å². The van der Waals surface area contributed by atoms with Gasteiger partial charge in [-0.25, -0.2) is 4.39 Å². The van der Waals surface area contributed by atoms with Gasteiger partial charge in [-0.05, 0) is 43.3 Å². The fraction of sp³-hybridized carbons (Fsp3) is 0.222. The summed E-state index contributed by atoms with van der Waals surface area (Å²) in [5, 5.41) is 0. The Morgan fingerprint density at radius 3 is 2.71 bits per heavy atom. The molecule has 1 heterocycles. The topological polar surface area (TPSA) is 34.4 Å². The smallest absolute Gasteiger partial charge is 0.249 e. The van der Waals surface area contributed by atoms with Crippen molar-refractivity contribution >= 4 is 39.2 Å². The van der Waals surface area contributed by atoms with E-state index in [2.05, 4.69) is 9.56 Å². The van der Waals surface area contributed by atoms with Gasteiger partial charge in [0.15, 0.2) is 4.80 Å². The predicted molar refractivity (Wildman–Crippen MR) is 97.8 cm³/mol. The second kappa shape index (κ2) is 7.77. The van der Waals surface area contributed by atoms with E-state index in [0.717, 1.165) is 26.5 Å². The molecule has 0 bridgehead atoms. The van der Waals surface area contributed by atoms with Crippen molar-refractivity contribution in [2.75, 3.05) is 5.75 Å². The second-order valence-corrected chi connectivity index (χ2v) is 7.33. The molecule has 24 heavy (non-hydrogen) atoms. The van der Waals surface area contributed by atoms with E-state index in [1.807, 2.05) is 31.2 Å². The average Bonchev–Trinajstić information content (AvgIpc) is 2.93. The first kappa shape index (κ1) is 16.9. The Hall–Kier alpha value is -1.92. The zero-order valence-corrected chi connectivity index (χ0v) is 14.9. The van der Waals surface area contributed by atoms with Crippen LogP contribution in [0.3, 0.4) is 0 Å². The molecule has 0 unspecified atom stereocenters. The molecular formula is C18H17FN2OS2. The molecule has 0 fully saturated rings. The summed E-state index contributed by atoms with van der Waals surface area (Å²) in [4.78, 5) is 18.1. The van der Waals surface area contributed by atoms with Gasteiger partial charge in [0.2, 0.25) is 5.91 Å². The van der Waals surface area contributed by atoms with Crippen LogP contribution in [0.1, 0.15) is 13.3 Å². The molecule has 0 saturated carbocycles. The standard InChI is InChI=1S/C18H17FN2OS2/c1-2-21-15-5-3-4-6-16(15)24-18(21)20-17(22)11-12-23-14-9-7-13(19)8-10-14/h3-10H,2,11-12H2,1H3. The summed E-state index contributed by atoms with van der Waals surface area (Å²) < 4.78 is 16.1. The molecule has 0 aliphatic rings. The van der Waals surface area contributed by atoms with E-state index in [1.165, 1.54) is 35.2 Å². The highest BCUT2D eigenvalue weighted by Crippen LogP contribution is 2.19. The third-order valence-electron chi connectivity index (χ3n) is 3.52. The first-order chi connectivity index (χ1) is 11.7. The van der Waals surface area contributed by atoms with Crippen molar-refractivity contribution in [2.24, 2.45) is 4.99 Å². The Labute approximate surface area is 147 Å². The Morgan fingerprint density at radius 2 is 1.96 bits per heavy atom. The number of hydrogen-bond donors (Lipinski definition) is 0. The molecule has 0 saturated heterocycles. The summed E-state index contributed by atoms with van der Waals surface area (Å²) in [6.45, 7) is 2.83. The molecule has 0 N–H and O–H groups in total. The Balaban J connectivity index is 1.69. The lowest BCUT2D eigenvalue weighted by atomic mass is 10.3. The Kier molecular flexibility index (Phi) is 5.48. The van der Waals surface area contributed by atoms with E-state index in [-0.39, 0.29) is 11.7 Å². The van der Waals surface area contributed by atoms with E-state index in [4.69, 9.17) is 0 Å². The molecule has 3 rings (SSSR count). The van der Waals surface area contributed by atoms with Crippen molar-refractivity contribution in [1.29, 1.82) is 0 Å². The van der Waals surface area contributed by atoms with Crippen LogP contribution in [-0.2, 0) is 11.3 Å². The lowest BCUT2D eigenvalue weighted by Gasteiger charge is -2.00. The molecule has 1 amide bonds. The van der Waals surface area contributed by atoms with E-state index in [9.17, 15) is 9.18 Å². The zero-order chi connectivity index (χ0) is 16.9. The molecule has 124 valence electrons. The van der Waals surface area contributed by atoms with Crippen LogP contribution in [0, 0.1) is 5.82 Å². The third kappa shape index (κ3) is 3.94. The number of carbonyl (C=O) groups excluding carboxylic acids is 1. The lowest BCUT2D eigenvalue weighted by molar-refractivity contribution is -0.117. The molecule has 3 aromatic rings. The fourth-order valence-corrected chi connectivity index (χ4v) is 4.31. The molecule has 2 aromatic carbocycles. The molecule has 0 aliphatic carbocycles. The summed E-state index contributed by atoms with van der Waals surface area (Å²) in [6.07, 6.45) is 0.361. The highest BCUT2D eigenvalue weighted by atomic mass is 32.2. The highest BCUT2D eigenvalue weighted by Gasteiger charge is 2.06. The maximum absolute atomic E-state index is 12.9. The minimum atomic E-state index is -0.251. The lowest BCUT2D eigenvalue weighted by Crippen LogP contribution is -2.15. The Morgan fingerprint density at radius 1 is 1.21 bits per heavy atom. The van der Waals surface area contributed by atoms with Gasteiger partial charge in [0.25, 0.3) is 0 Å². The molecule has 6 heteroatoms. The number of aryl methyl sites for hydroxylation is 1. The Bertz CT molecular complexity index is 913. The number of rotatable bonds is 5. The predicted octanol–water partition coefficient (Wildman–Crippen LogP) is 4.47. The van der Waals surface area contributed by atoms with Crippen LogP contribution in [0.15, 0.2) is 58.4 Å². The van der Waals surface area contributed by atoms with Crippen molar-refractivity contribution in [3.63, 3.8) is 0 Å². The molecular weight excluding hydrogens is 343 g/mol. The van der Waals surface area contributed by atoms with Gasteiger partial charge in [0.05, 0.1) is 10.2 Å². The van der Waals surface area contributed by atoms with E-state index in [0.29, 0.717) is 12.2 Å². The SMILES string of the molecule is CCn1c(=NC(=O)CCSc2ccc(F)cc2)sc2ccccc21. The van der Waals surface area contributed by atoms with Crippen LogP contribution in [0.4, 0.5) is 4.39 Å². The minimum Gasteiger partial charge on any atom is -0.317 e. The van der Waals surface area contributed by atoms with Crippen LogP contribution in [0.2, 0.25) is 0 Å². The van der Waals surface area contributed by atoms with Gasteiger partial charge in [-0.1, -0.05) is 23.5 Å². The van der Waals surface area contributed by atoms with Gasteiger partial charge >= 0.3 is 0 Å². The van der Waals surface area contributed by atoms with Crippen molar-refractivity contribution in [1.82, 2.24) is 4.57 Å². The number of thioether (sulfide) groups is 1. The number of hydrogen-bond acceptors (Lipinski definition) is 3. The van der Waals surface area contributed by atoms with Gasteiger partial charge in [-0.15, -0.1) is 11.8 Å². The number of thiazole rings is 1. The van der Waals surface area contributed by atoms with Crippen LogP contribution in [0.5, 0.6) is 0 Å². The number of halogens is 1. The molecule has 0 aliphatic heterocycles. The second-order valence-electron chi connectivity index (χ2n) is 5.15. The summed E-state index contributed by atoms with van der Waals surface area (Å²) in [6, 6.07) is 14.4. The monoisotopic (exact) mass is 360 g/mol. The van der Waals surface area contributed by atoms with Crippen molar-refractivity contribution < 1.29 is 9.18 Å². The maximum Gasteiger partial charge on any atom is 0.249 e. The molecule has 3 nitrogen and oxygen atoms in total. The third-order valence-corrected chi connectivity index (χ3v) is 5.60. The van der Waals surface area contributed by atoms with E-state index >= 15 is 0 Å². The van der Waals surface area contributed by atoms with Gasteiger partial charge in [-0.2, -0.15) is 4.99 Å². The largest absolute Gasteiger partial charge is 0.317 e. The summed E-state index contributed by atoms with van der Waals surface area (Å²) in [7, 11) is 0. The first-order valence-corrected chi connectivity index (χ1v) is 9.52. The number of nitrogens with zero attached hydrogens (tertiary/aromatic N) is 2. The van der Waals surface area contributed by atoms with Crippen LogP contribution in [-0.4, -0.2) is 16.2 Å². The quantitative estimate of drug-likeness (QED) is 0.629. The minimum absolute atomic E-state index is 0.127. The molecule has 0 atom stereocenters. The number of para-hydroxylation sites is 1. The normalized spacial score (nSPS) is 12.0. The summed E-state index contributed by atoms with van der Waals surface area (Å²) in [5.74, 6) is 0.253. The number of aromatic nitrogens is 1. The number of fused-ring (bicyclic) bond motifs is 1. The van der Waals surface area contributed by atoms with Gasteiger partial charge in [0.1, 0.15) is 5.82 Å². The maximum atomic E-state index is 12.9. The van der Waals surface area contributed by atoms with E-state index in [1.54, 1.807) is 12.1 Å².